The molecular formula is C18H38N2O. The minimum atomic E-state index is 0.279. The third-order valence-electron chi connectivity index (χ3n) is 4.61. The van der Waals surface area contributed by atoms with Crippen molar-refractivity contribution in [3.05, 3.63) is 0 Å². The third kappa shape index (κ3) is 8.57. The molecule has 3 heteroatoms. The fraction of sp³-hybridized carbons (Fsp3) is 0.944. The fourth-order valence-corrected chi connectivity index (χ4v) is 3.70. The van der Waals surface area contributed by atoms with Crippen LogP contribution in [0.15, 0.2) is 0 Å². The molecule has 126 valence electrons. The van der Waals surface area contributed by atoms with E-state index < -0.39 is 0 Å². The number of rotatable bonds is 6. The van der Waals surface area contributed by atoms with Crippen molar-refractivity contribution in [1.29, 1.82) is 0 Å². The van der Waals surface area contributed by atoms with E-state index in [2.05, 4.69) is 34.6 Å². The molecule has 0 radical (unpaired) electrons. The van der Waals surface area contributed by atoms with E-state index in [9.17, 15) is 4.79 Å². The van der Waals surface area contributed by atoms with Crippen molar-refractivity contribution in [3.8, 4) is 0 Å². The van der Waals surface area contributed by atoms with Gasteiger partial charge in [0.15, 0.2) is 0 Å². The Bertz CT molecular complexity index is 291. The van der Waals surface area contributed by atoms with Crippen LogP contribution in [-0.2, 0) is 4.79 Å². The second-order valence-electron chi connectivity index (χ2n) is 7.97. The van der Waals surface area contributed by atoms with E-state index in [1.54, 1.807) is 0 Å². The lowest BCUT2D eigenvalue weighted by Crippen LogP contribution is -2.45. The zero-order valence-corrected chi connectivity index (χ0v) is 15.0. The van der Waals surface area contributed by atoms with Gasteiger partial charge in [-0.05, 0) is 49.5 Å². The summed E-state index contributed by atoms with van der Waals surface area (Å²) in [4.78, 5) is 10.2. The van der Waals surface area contributed by atoms with Gasteiger partial charge in [0.25, 0.3) is 0 Å². The lowest BCUT2D eigenvalue weighted by Gasteiger charge is -2.45. The average Bonchev–Trinajstić information content (AvgIpc) is 2.38. The molecule has 3 unspecified atom stereocenters. The minimum absolute atomic E-state index is 0.279. The van der Waals surface area contributed by atoms with Crippen LogP contribution >= 0.6 is 0 Å². The average molecular weight is 299 g/mol. The zero-order valence-electron chi connectivity index (χ0n) is 15.0. The van der Waals surface area contributed by atoms with Crippen LogP contribution in [0, 0.1) is 16.7 Å². The summed E-state index contributed by atoms with van der Waals surface area (Å²) in [5.41, 5.74) is 12.4. The lowest BCUT2D eigenvalue weighted by molar-refractivity contribution is -0.111. The van der Waals surface area contributed by atoms with Crippen molar-refractivity contribution in [2.75, 3.05) is 6.54 Å². The molecule has 3 atom stereocenters. The first-order valence-electron chi connectivity index (χ1n) is 8.63. The van der Waals surface area contributed by atoms with Crippen molar-refractivity contribution in [1.82, 2.24) is 0 Å². The summed E-state index contributed by atoms with van der Waals surface area (Å²) in [6, 6.07) is 0.349. The van der Waals surface area contributed by atoms with Crippen LogP contribution in [0.5, 0.6) is 0 Å². The second kappa shape index (κ2) is 9.58. The first-order valence-corrected chi connectivity index (χ1v) is 8.63. The van der Waals surface area contributed by atoms with Gasteiger partial charge in [-0.1, -0.05) is 47.5 Å². The molecular weight excluding hydrogens is 260 g/mol. The van der Waals surface area contributed by atoms with E-state index >= 15 is 0 Å². The van der Waals surface area contributed by atoms with Gasteiger partial charge in [-0.3, -0.25) is 0 Å². The van der Waals surface area contributed by atoms with E-state index in [4.69, 9.17) is 11.5 Å². The number of hydrogen-bond acceptors (Lipinski definition) is 3. The molecule has 0 bridgehead atoms. The predicted molar refractivity (Wildman–Crippen MR) is 92.1 cm³/mol. The molecule has 1 aliphatic carbocycles. The monoisotopic (exact) mass is 298 g/mol. The minimum Gasteiger partial charge on any atom is -0.330 e. The molecule has 3 nitrogen and oxygen atoms in total. The number of nitrogens with two attached hydrogens (primary N) is 2. The molecule has 0 aromatic rings. The molecule has 1 aliphatic rings. The Kier molecular flexibility index (Phi) is 9.39. The maximum absolute atomic E-state index is 10.2. The van der Waals surface area contributed by atoms with Crippen molar-refractivity contribution in [2.24, 2.45) is 28.2 Å². The molecule has 0 spiro atoms. The Morgan fingerprint density at radius 1 is 1.24 bits per heavy atom. The van der Waals surface area contributed by atoms with Gasteiger partial charge >= 0.3 is 0 Å². The van der Waals surface area contributed by atoms with E-state index in [-0.39, 0.29) is 5.41 Å². The van der Waals surface area contributed by atoms with Crippen LogP contribution in [-0.4, -0.2) is 18.9 Å². The van der Waals surface area contributed by atoms with Gasteiger partial charge in [0, 0.05) is 12.0 Å². The van der Waals surface area contributed by atoms with Crippen molar-refractivity contribution in [2.45, 2.75) is 85.6 Å². The van der Waals surface area contributed by atoms with Crippen LogP contribution in [0.1, 0.15) is 79.6 Å². The predicted octanol–water partition coefficient (Wildman–Crippen LogP) is 3.89. The molecule has 21 heavy (non-hydrogen) atoms. The van der Waals surface area contributed by atoms with Gasteiger partial charge in [-0.15, -0.1) is 0 Å². The fourth-order valence-electron chi connectivity index (χ4n) is 3.70. The highest BCUT2D eigenvalue weighted by atomic mass is 16.1. The molecule has 1 rings (SSSR count). The molecule has 0 aliphatic heterocycles. The SMILES string of the molecule is CC1(C)CC(N)CC(C)(CN)C1.CCCCC(C=O)CC. The van der Waals surface area contributed by atoms with Crippen LogP contribution in [0.3, 0.4) is 0 Å². The molecule has 0 aromatic heterocycles. The summed E-state index contributed by atoms with van der Waals surface area (Å²) >= 11 is 0. The summed E-state index contributed by atoms with van der Waals surface area (Å²) in [6.07, 6.45) is 9.00. The van der Waals surface area contributed by atoms with Crippen LogP contribution < -0.4 is 11.5 Å². The molecule has 1 saturated carbocycles. The Morgan fingerprint density at radius 3 is 2.24 bits per heavy atom. The largest absolute Gasteiger partial charge is 0.330 e. The van der Waals surface area contributed by atoms with Gasteiger partial charge in [0.1, 0.15) is 6.29 Å². The smallest absolute Gasteiger partial charge is 0.123 e. The summed E-state index contributed by atoms with van der Waals surface area (Å²) in [5, 5.41) is 0. The van der Waals surface area contributed by atoms with Crippen LogP contribution in [0.4, 0.5) is 0 Å². The Labute approximate surface area is 132 Å². The number of hydrogen-bond donors (Lipinski definition) is 2. The molecule has 1 fully saturated rings. The molecule has 0 heterocycles. The highest BCUT2D eigenvalue weighted by Gasteiger charge is 2.38. The first-order chi connectivity index (χ1) is 9.71. The summed E-state index contributed by atoms with van der Waals surface area (Å²) < 4.78 is 0. The lowest BCUT2D eigenvalue weighted by atomic mass is 9.63. The molecule has 4 N–H and O–H groups in total. The van der Waals surface area contributed by atoms with Gasteiger partial charge < -0.3 is 16.3 Å². The Morgan fingerprint density at radius 2 is 1.86 bits per heavy atom. The number of unbranched alkanes of at least 4 members (excludes halogenated alkanes) is 1. The zero-order chi connectivity index (χ0) is 16.5. The second-order valence-corrected chi connectivity index (χ2v) is 7.97. The maximum atomic E-state index is 10.2. The third-order valence-corrected chi connectivity index (χ3v) is 4.61. The van der Waals surface area contributed by atoms with E-state index in [0.717, 1.165) is 38.5 Å². The van der Waals surface area contributed by atoms with Crippen molar-refractivity contribution in [3.63, 3.8) is 0 Å². The topological polar surface area (TPSA) is 69.1 Å². The highest BCUT2D eigenvalue weighted by molar-refractivity contribution is 5.53. The van der Waals surface area contributed by atoms with Gasteiger partial charge in [-0.25, -0.2) is 0 Å². The first kappa shape index (κ1) is 20.6. The van der Waals surface area contributed by atoms with Gasteiger partial charge in [-0.2, -0.15) is 0 Å². The van der Waals surface area contributed by atoms with Crippen LogP contribution in [0.2, 0.25) is 0 Å². The summed E-state index contributed by atoms with van der Waals surface area (Å²) in [6.45, 7) is 11.8. The van der Waals surface area contributed by atoms with E-state index in [1.807, 2.05) is 0 Å². The summed E-state index contributed by atoms with van der Waals surface area (Å²) in [7, 11) is 0. The quantitative estimate of drug-likeness (QED) is 0.731. The van der Waals surface area contributed by atoms with Crippen molar-refractivity contribution >= 4 is 6.29 Å². The Hall–Kier alpha value is -0.410. The van der Waals surface area contributed by atoms with Gasteiger partial charge in [0.2, 0.25) is 0 Å². The molecule has 0 amide bonds. The highest BCUT2D eigenvalue weighted by Crippen LogP contribution is 2.44. The Balaban J connectivity index is 0.000000400. The van der Waals surface area contributed by atoms with E-state index in [0.29, 0.717) is 17.4 Å². The van der Waals surface area contributed by atoms with Gasteiger partial charge in [0.05, 0.1) is 0 Å². The number of carbonyl (C=O) groups excluding carboxylic acids is 1. The maximum Gasteiger partial charge on any atom is 0.123 e. The number of carbonyl (C=O) groups is 1. The summed E-state index contributed by atoms with van der Waals surface area (Å²) in [5.74, 6) is 0.324. The number of aldehydes is 1. The van der Waals surface area contributed by atoms with E-state index in [1.165, 1.54) is 19.3 Å². The van der Waals surface area contributed by atoms with Crippen LogP contribution in [0.25, 0.3) is 0 Å². The molecule has 0 saturated heterocycles. The molecule has 0 aromatic carbocycles. The standard InChI is InChI=1S/C10H22N2.C8H16O/c1-9(2)4-8(12)5-10(3,6-9)7-11;1-3-5-6-8(4-2)7-9/h8H,4-7,11-12H2,1-3H3;7-8H,3-6H2,1-2H3. The van der Waals surface area contributed by atoms with Crippen molar-refractivity contribution < 1.29 is 4.79 Å². The normalized spacial score (nSPS) is 29.2.